The van der Waals surface area contributed by atoms with Crippen LogP contribution in [0.15, 0.2) is 27.4 Å². The maximum atomic E-state index is 11.8. The molecule has 106 valence electrons. The molecule has 0 fully saturated rings. The van der Waals surface area contributed by atoms with Gasteiger partial charge >= 0.3 is 0 Å². The lowest BCUT2D eigenvalue weighted by molar-refractivity contribution is 0.0953. The zero-order chi connectivity index (χ0) is 14.5. The summed E-state index contributed by atoms with van der Waals surface area (Å²) >= 11 is 12.0. The van der Waals surface area contributed by atoms with E-state index in [-0.39, 0.29) is 5.91 Å². The van der Waals surface area contributed by atoms with Crippen LogP contribution in [0.3, 0.4) is 0 Å². The number of imidazole rings is 1. The Morgan fingerprint density at radius 3 is 2.85 bits per heavy atom. The number of aromatic nitrogens is 3. The van der Waals surface area contributed by atoms with Gasteiger partial charge in [-0.1, -0.05) is 6.08 Å². The molecule has 2 rings (SSSR count). The number of carbonyl (C=O) groups excluding carboxylic acids is 1. The van der Waals surface area contributed by atoms with Crippen LogP contribution in [0.25, 0.3) is 6.08 Å². The molecule has 20 heavy (non-hydrogen) atoms. The summed E-state index contributed by atoms with van der Waals surface area (Å²) in [5.74, 6) is 0.283. The van der Waals surface area contributed by atoms with Gasteiger partial charge in [0.2, 0.25) is 5.95 Å². The van der Waals surface area contributed by atoms with Crippen LogP contribution in [0.2, 0.25) is 0 Å². The Morgan fingerprint density at radius 1 is 1.45 bits per heavy atom. The summed E-state index contributed by atoms with van der Waals surface area (Å²) in [5, 5.41) is 2.76. The fourth-order valence-corrected chi connectivity index (χ4v) is 2.18. The lowest BCUT2D eigenvalue weighted by atomic mass is 10.4. The van der Waals surface area contributed by atoms with E-state index in [9.17, 15) is 4.79 Å². The molecule has 6 nitrogen and oxygen atoms in total. The molecule has 0 bridgehead atoms. The zero-order valence-corrected chi connectivity index (χ0v) is 13.9. The molecule has 2 aromatic heterocycles. The molecule has 2 heterocycles. The highest BCUT2D eigenvalue weighted by atomic mass is 79.9. The second kappa shape index (κ2) is 6.96. The average molecular weight is 423 g/mol. The van der Waals surface area contributed by atoms with Crippen LogP contribution in [-0.4, -0.2) is 27.4 Å². The molecular weight excluding hydrogens is 413 g/mol. The van der Waals surface area contributed by atoms with Crippen molar-refractivity contribution in [3.8, 4) is 0 Å². The van der Waals surface area contributed by atoms with Crippen molar-refractivity contribution in [3.63, 3.8) is 0 Å². The highest BCUT2D eigenvalue weighted by molar-refractivity contribution is 9.13. The van der Waals surface area contributed by atoms with E-state index in [0.717, 1.165) is 14.8 Å². The van der Waals surface area contributed by atoms with Gasteiger partial charge in [-0.25, -0.2) is 4.98 Å². The van der Waals surface area contributed by atoms with Crippen molar-refractivity contribution in [1.82, 2.24) is 20.3 Å². The molecule has 0 atom stereocenters. The van der Waals surface area contributed by atoms with Crippen LogP contribution in [0.4, 0.5) is 5.95 Å². The van der Waals surface area contributed by atoms with Gasteiger partial charge in [0.1, 0.15) is 5.69 Å². The maximum absolute atomic E-state index is 11.8. The Labute approximate surface area is 136 Å². The van der Waals surface area contributed by atoms with Gasteiger partial charge in [-0.05, 0) is 44.0 Å². The molecule has 0 aliphatic carbocycles. The molecule has 9 heteroatoms. The van der Waals surface area contributed by atoms with Crippen molar-refractivity contribution in [2.24, 2.45) is 0 Å². The average Bonchev–Trinajstić information content (AvgIpc) is 3.02. The second-order valence-electron chi connectivity index (χ2n) is 3.74. The second-order valence-corrected chi connectivity index (χ2v) is 5.58. The first-order valence-electron chi connectivity index (χ1n) is 5.50. The first kappa shape index (κ1) is 15.1. The number of amides is 1. The molecule has 4 N–H and O–H groups in total. The first-order valence-corrected chi connectivity index (χ1v) is 7.47. The van der Waals surface area contributed by atoms with Crippen molar-refractivity contribution in [3.05, 3.63) is 38.8 Å². The molecule has 0 aliphatic rings. The molecule has 0 aromatic carbocycles. The van der Waals surface area contributed by atoms with E-state index >= 15 is 0 Å². The fourth-order valence-electron chi connectivity index (χ4n) is 1.43. The number of aromatic amines is 2. The van der Waals surface area contributed by atoms with E-state index in [1.54, 1.807) is 24.4 Å². The zero-order valence-electron chi connectivity index (χ0n) is 10.0. The lowest BCUT2D eigenvalue weighted by Gasteiger charge is -1.98. The summed E-state index contributed by atoms with van der Waals surface area (Å²) in [5.41, 5.74) is 1.26. The maximum Gasteiger partial charge on any atom is 0.268 e. The van der Waals surface area contributed by atoms with E-state index in [1.165, 1.54) is 0 Å². The predicted molar refractivity (Wildman–Crippen MR) is 85.6 cm³/mol. The third-order valence-corrected chi connectivity index (χ3v) is 4.29. The number of hydrogen-bond acceptors (Lipinski definition) is 3. The Bertz CT molecular complexity index is 617. The van der Waals surface area contributed by atoms with Gasteiger partial charge in [0.25, 0.3) is 5.91 Å². The van der Waals surface area contributed by atoms with Gasteiger partial charge in [-0.15, -0.1) is 0 Å². The monoisotopic (exact) mass is 421 g/mol. The normalized spacial score (nSPS) is 10.9. The third kappa shape index (κ3) is 3.87. The smallest absolute Gasteiger partial charge is 0.268 e. The van der Waals surface area contributed by atoms with Crippen molar-refractivity contribution in [2.45, 2.75) is 0 Å². The largest absolute Gasteiger partial charge is 0.347 e. The van der Waals surface area contributed by atoms with Crippen LogP contribution >= 0.6 is 43.6 Å². The quantitative estimate of drug-likeness (QED) is 0.557. The van der Waals surface area contributed by atoms with E-state index in [4.69, 9.17) is 11.8 Å². The van der Waals surface area contributed by atoms with Gasteiger partial charge in [-0.2, -0.15) is 0 Å². The number of anilines is 1. The number of rotatable bonds is 5. The first-order chi connectivity index (χ1) is 9.60. The molecule has 0 radical (unpaired) electrons. The molecule has 0 unspecified atom stereocenters. The SMILES string of the molecule is O=C(NC/C=C/c1cnc(NCl)[nH]1)c1cc(Br)c(Br)[nH]1. The van der Waals surface area contributed by atoms with Crippen LogP contribution in [0, 0.1) is 0 Å². The van der Waals surface area contributed by atoms with E-state index in [1.807, 2.05) is 0 Å². The minimum absolute atomic E-state index is 0.186. The van der Waals surface area contributed by atoms with Gasteiger partial charge < -0.3 is 15.3 Å². The van der Waals surface area contributed by atoms with Gasteiger partial charge in [0.05, 0.1) is 21.0 Å². The number of nitrogens with zero attached hydrogens (tertiary/aromatic N) is 1. The van der Waals surface area contributed by atoms with Crippen molar-refractivity contribution >= 4 is 61.6 Å². The van der Waals surface area contributed by atoms with E-state index < -0.39 is 0 Å². The minimum Gasteiger partial charge on any atom is -0.347 e. The Kier molecular flexibility index (Phi) is 5.27. The molecule has 0 saturated heterocycles. The van der Waals surface area contributed by atoms with Crippen LogP contribution < -0.4 is 10.2 Å². The summed E-state index contributed by atoms with van der Waals surface area (Å²) in [6, 6.07) is 1.70. The van der Waals surface area contributed by atoms with Gasteiger partial charge in [0.15, 0.2) is 0 Å². The predicted octanol–water partition coefficient (Wildman–Crippen LogP) is 3.27. The highest BCUT2D eigenvalue weighted by Gasteiger charge is 2.09. The number of carbonyl (C=O) groups is 1. The summed E-state index contributed by atoms with van der Waals surface area (Å²) < 4.78 is 1.54. The van der Waals surface area contributed by atoms with Gasteiger partial charge in [0, 0.05) is 18.3 Å². The molecule has 0 aliphatic heterocycles. The molecule has 0 spiro atoms. The summed E-state index contributed by atoms with van der Waals surface area (Å²) in [4.78, 5) is 24.0. The number of nitrogens with one attached hydrogen (secondary N) is 4. The molecule has 2 aromatic rings. The van der Waals surface area contributed by atoms with E-state index in [0.29, 0.717) is 18.2 Å². The number of halogens is 3. The highest BCUT2D eigenvalue weighted by Crippen LogP contribution is 2.22. The Balaban J connectivity index is 1.84. The summed E-state index contributed by atoms with van der Waals surface area (Å²) in [6.07, 6.45) is 5.23. The minimum atomic E-state index is -0.186. The Hall–Kier alpha value is -1.25. The lowest BCUT2D eigenvalue weighted by Crippen LogP contribution is -2.23. The van der Waals surface area contributed by atoms with Crippen LogP contribution in [0.1, 0.15) is 16.2 Å². The fraction of sp³-hybridized carbons (Fsp3) is 0.0909. The van der Waals surface area contributed by atoms with Crippen molar-refractivity contribution in [2.75, 3.05) is 11.4 Å². The van der Waals surface area contributed by atoms with Crippen LogP contribution in [-0.2, 0) is 0 Å². The van der Waals surface area contributed by atoms with Crippen LogP contribution in [0.5, 0.6) is 0 Å². The molecule has 0 saturated carbocycles. The van der Waals surface area contributed by atoms with Gasteiger partial charge in [-0.3, -0.25) is 9.63 Å². The number of hydrogen-bond donors (Lipinski definition) is 4. The Morgan fingerprint density at radius 2 is 2.25 bits per heavy atom. The molecule has 1 amide bonds. The topological polar surface area (TPSA) is 85.6 Å². The summed E-state index contributed by atoms with van der Waals surface area (Å²) in [7, 11) is 0. The standard InChI is InChI=1S/C11H10Br2ClN5O/c12-7-4-8(18-9(7)13)10(20)15-3-1-2-6-5-16-11(17-6)19-14/h1-2,4-5,18H,3H2,(H,15,20)(H2,16,17,19)/b2-1+. The molecular formula is C11H10Br2ClN5O. The third-order valence-electron chi connectivity index (χ3n) is 2.33. The van der Waals surface area contributed by atoms with E-state index in [2.05, 4.69) is 57.0 Å². The summed E-state index contributed by atoms with van der Waals surface area (Å²) in [6.45, 7) is 0.399. The van der Waals surface area contributed by atoms with Crippen molar-refractivity contribution < 1.29 is 4.79 Å². The number of H-pyrrole nitrogens is 2. The van der Waals surface area contributed by atoms with Crippen molar-refractivity contribution in [1.29, 1.82) is 0 Å².